The van der Waals surface area contributed by atoms with Gasteiger partial charge in [-0.25, -0.2) is 4.98 Å². The summed E-state index contributed by atoms with van der Waals surface area (Å²) in [4.78, 5) is 4.16. The fourth-order valence-corrected chi connectivity index (χ4v) is 1.74. The number of nitrogens with zero attached hydrogens (tertiary/aromatic N) is 1. The van der Waals surface area contributed by atoms with E-state index in [-0.39, 0.29) is 0 Å². The third-order valence-corrected chi connectivity index (χ3v) is 2.30. The molecule has 3 N–H and O–H groups in total. The Balaban J connectivity index is 2.64. The maximum atomic E-state index is 5.79. The number of nitrogens with two attached hydrogens (primary N) is 1. The van der Waals surface area contributed by atoms with Gasteiger partial charge in [-0.3, -0.25) is 0 Å². The van der Waals surface area contributed by atoms with Gasteiger partial charge in [-0.1, -0.05) is 25.4 Å². The third-order valence-electron chi connectivity index (χ3n) is 2.09. The Morgan fingerprint density at radius 1 is 1.47 bits per heavy atom. The number of anilines is 2. The molecule has 0 saturated heterocycles. The van der Waals surface area contributed by atoms with Gasteiger partial charge in [-0.05, 0) is 25.3 Å². The molecule has 0 fully saturated rings. The molecule has 1 heterocycles. The van der Waals surface area contributed by atoms with Crippen LogP contribution in [0.25, 0.3) is 0 Å². The molecule has 0 aromatic carbocycles. The van der Waals surface area contributed by atoms with Gasteiger partial charge >= 0.3 is 0 Å². The van der Waals surface area contributed by atoms with Crippen LogP contribution in [0.5, 0.6) is 0 Å². The molecular formula is C11H18ClN3. The average Bonchev–Trinajstić information content (AvgIpc) is 2.08. The summed E-state index contributed by atoms with van der Waals surface area (Å²) in [7, 11) is 0. The number of aromatic nitrogens is 1. The van der Waals surface area contributed by atoms with Crippen molar-refractivity contribution in [2.45, 2.75) is 33.2 Å². The Bertz CT molecular complexity index is 326. The highest BCUT2D eigenvalue weighted by Crippen LogP contribution is 2.21. The van der Waals surface area contributed by atoms with Crippen molar-refractivity contribution in [3.05, 3.63) is 17.3 Å². The largest absolute Gasteiger partial charge is 0.396 e. The van der Waals surface area contributed by atoms with Gasteiger partial charge in [0, 0.05) is 12.2 Å². The van der Waals surface area contributed by atoms with Gasteiger partial charge in [0.15, 0.2) is 0 Å². The molecule has 0 radical (unpaired) electrons. The van der Waals surface area contributed by atoms with E-state index < -0.39 is 0 Å². The zero-order chi connectivity index (χ0) is 11.4. The van der Waals surface area contributed by atoms with Crippen LogP contribution in [-0.4, -0.2) is 11.0 Å². The first-order valence-electron chi connectivity index (χ1n) is 5.16. The van der Waals surface area contributed by atoms with Crippen LogP contribution in [0, 0.1) is 5.92 Å². The van der Waals surface area contributed by atoms with E-state index in [1.54, 1.807) is 12.3 Å². The van der Waals surface area contributed by atoms with E-state index in [2.05, 4.69) is 31.1 Å². The van der Waals surface area contributed by atoms with Gasteiger partial charge in [0.05, 0.1) is 10.7 Å². The lowest BCUT2D eigenvalue weighted by Crippen LogP contribution is -2.19. The van der Waals surface area contributed by atoms with Gasteiger partial charge in [0.2, 0.25) is 0 Å². The number of pyridine rings is 1. The molecule has 0 aliphatic carbocycles. The Kier molecular flexibility index (Phi) is 4.21. The van der Waals surface area contributed by atoms with Gasteiger partial charge in [0.25, 0.3) is 0 Å². The van der Waals surface area contributed by atoms with Crippen LogP contribution < -0.4 is 11.1 Å². The van der Waals surface area contributed by atoms with Crippen LogP contribution in [0.4, 0.5) is 11.5 Å². The number of halogens is 1. The number of hydrogen-bond acceptors (Lipinski definition) is 3. The van der Waals surface area contributed by atoms with Crippen LogP contribution >= 0.6 is 11.6 Å². The lowest BCUT2D eigenvalue weighted by Gasteiger charge is -2.17. The molecule has 1 unspecified atom stereocenters. The van der Waals surface area contributed by atoms with Crippen LogP contribution in [0.1, 0.15) is 27.2 Å². The van der Waals surface area contributed by atoms with Gasteiger partial charge in [-0.2, -0.15) is 0 Å². The molecule has 0 aliphatic rings. The summed E-state index contributed by atoms with van der Waals surface area (Å²) in [5, 5.41) is 3.84. The van der Waals surface area contributed by atoms with E-state index in [0.717, 1.165) is 6.42 Å². The molecule has 0 saturated carbocycles. The maximum Gasteiger partial charge on any atom is 0.149 e. The molecule has 0 bridgehead atoms. The number of nitrogen functional groups attached to an aromatic ring is 1. The highest BCUT2D eigenvalue weighted by molar-refractivity contribution is 6.30. The highest BCUT2D eigenvalue weighted by atomic mass is 35.5. The minimum atomic E-state index is 0.362. The van der Waals surface area contributed by atoms with E-state index in [4.69, 9.17) is 17.3 Å². The first kappa shape index (κ1) is 12.1. The summed E-state index contributed by atoms with van der Waals surface area (Å²) in [6, 6.07) is 2.07. The van der Waals surface area contributed by atoms with Crippen molar-refractivity contribution in [2.24, 2.45) is 5.92 Å². The number of nitrogens with one attached hydrogen (secondary N) is 1. The molecule has 1 rings (SSSR count). The van der Waals surface area contributed by atoms with E-state index in [0.29, 0.717) is 28.5 Å². The summed E-state index contributed by atoms with van der Waals surface area (Å²) in [6.07, 6.45) is 2.69. The monoisotopic (exact) mass is 227 g/mol. The Hall–Kier alpha value is -0.960. The van der Waals surface area contributed by atoms with Crippen molar-refractivity contribution in [2.75, 3.05) is 11.1 Å². The molecular weight excluding hydrogens is 210 g/mol. The summed E-state index contributed by atoms with van der Waals surface area (Å²) < 4.78 is 0. The van der Waals surface area contributed by atoms with Crippen molar-refractivity contribution < 1.29 is 0 Å². The van der Waals surface area contributed by atoms with Gasteiger partial charge in [-0.15, -0.1) is 0 Å². The normalized spacial score (nSPS) is 12.9. The summed E-state index contributed by atoms with van der Waals surface area (Å²) in [5.74, 6) is 1.37. The molecule has 84 valence electrons. The summed E-state index contributed by atoms with van der Waals surface area (Å²) in [5.41, 5.74) is 6.39. The molecule has 1 aromatic rings. The average molecular weight is 228 g/mol. The molecule has 3 nitrogen and oxygen atoms in total. The number of hydrogen-bond donors (Lipinski definition) is 2. The van der Waals surface area contributed by atoms with Crippen molar-refractivity contribution in [3.63, 3.8) is 0 Å². The predicted molar refractivity (Wildman–Crippen MR) is 66.2 cm³/mol. The minimum Gasteiger partial charge on any atom is -0.396 e. The van der Waals surface area contributed by atoms with E-state index >= 15 is 0 Å². The second-order valence-corrected chi connectivity index (χ2v) is 4.70. The minimum absolute atomic E-state index is 0.362. The first-order valence-corrected chi connectivity index (χ1v) is 5.54. The quantitative estimate of drug-likeness (QED) is 0.831. The van der Waals surface area contributed by atoms with Crippen LogP contribution in [0.15, 0.2) is 12.3 Å². The maximum absolute atomic E-state index is 5.79. The van der Waals surface area contributed by atoms with Gasteiger partial charge < -0.3 is 11.1 Å². The smallest absolute Gasteiger partial charge is 0.149 e. The Morgan fingerprint density at radius 2 is 2.13 bits per heavy atom. The fraction of sp³-hybridized carbons (Fsp3) is 0.545. The first-order chi connectivity index (χ1) is 6.99. The van der Waals surface area contributed by atoms with Crippen LogP contribution in [-0.2, 0) is 0 Å². The van der Waals surface area contributed by atoms with Crippen molar-refractivity contribution in [1.82, 2.24) is 4.98 Å². The topological polar surface area (TPSA) is 50.9 Å². The predicted octanol–water partition coefficient (Wildman–Crippen LogP) is 3.16. The summed E-state index contributed by atoms with van der Waals surface area (Å²) >= 11 is 5.77. The van der Waals surface area contributed by atoms with Crippen molar-refractivity contribution in [1.29, 1.82) is 0 Å². The Morgan fingerprint density at radius 3 is 2.67 bits per heavy atom. The molecule has 0 spiro atoms. The number of rotatable bonds is 4. The van der Waals surface area contributed by atoms with E-state index in [9.17, 15) is 0 Å². The van der Waals surface area contributed by atoms with Crippen molar-refractivity contribution >= 4 is 23.1 Å². The van der Waals surface area contributed by atoms with Crippen LogP contribution in [0.2, 0.25) is 5.02 Å². The molecule has 0 amide bonds. The lowest BCUT2D eigenvalue weighted by molar-refractivity contribution is 0.539. The second kappa shape index (κ2) is 5.21. The lowest BCUT2D eigenvalue weighted by atomic mass is 10.1. The SMILES string of the molecule is CC(C)CC(C)Nc1ncc(Cl)cc1N. The molecule has 1 aromatic heterocycles. The van der Waals surface area contributed by atoms with E-state index in [1.165, 1.54) is 0 Å². The second-order valence-electron chi connectivity index (χ2n) is 4.27. The third kappa shape index (κ3) is 3.96. The summed E-state index contributed by atoms with van der Waals surface area (Å²) in [6.45, 7) is 6.50. The van der Waals surface area contributed by atoms with Gasteiger partial charge in [0.1, 0.15) is 5.82 Å². The van der Waals surface area contributed by atoms with Crippen LogP contribution in [0.3, 0.4) is 0 Å². The molecule has 15 heavy (non-hydrogen) atoms. The zero-order valence-corrected chi connectivity index (χ0v) is 10.2. The van der Waals surface area contributed by atoms with Crippen molar-refractivity contribution in [3.8, 4) is 0 Å². The fourth-order valence-electron chi connectivity index (χ4n) is 1.57. The molecule has 0 aliphatic heterocycles. The standard InChI is InChI=1S/C11H18ClN3/c1-7(2)4-8(3)15-11-10(13)5-9(12)6-14-11/h5-8H,4,13H2,1-3H3,(H,14,15). The molecule has 1 atom stereocenters. The van der Waals surface area contributed by atoms with E-state index in [1.807, 2.05) is 0 Å². The Labute approximate surface area is 96.0 Å². The molecule has 4 heteroatoms. The zero-order valence-electron chi connectivity index (χ0n) is 9.42. The highest BCUT2D eigenvalue weighted by Gasteiger charge is 2.07.